The number of aliphatic carboxylic acids is 1. The summed E-state index contributed by atoms with van der Waals surface area (Å²) in [5, 5.41) is 11.4. The third-order valence-electron chi connectivity index (χ3n) is 5.38. The molecule has 0 atom stereocenters. The second-order valence-electron chi connectivity index (χ2n) is 7.05. The Labute approximate surface area is 165 Å². The number of nitrogens with zero attached hydrogens (tertiary/aromatic N) is 2. The molecule has 0 saturated heterocycles. The molecule has 140 valence electrons. The quantitative estimate of drug-likeness (QED) is 0.572. The zero-order valence-electron chi connectivity index (χ0n) is 15.1. The molecule has 4 aromatic rings. The number of benzene rings is 2. The SMILES string of the molecule is O=C(O)Cn1c2c(c3ccccc31)CN(C(=O)c1cc3ccccc3s1)CC2. The summed E-state index contributed by atoms with van der Waals surface area (Å²) in [6.07, 6.45) is 0.661. The predicted molar refractivity (Wildman–Crippen MR) is 110 cm³/mol. The summed E-state index contributed by atoms with van der Waals surface area (Å²) in [6.45, 7) is 1.05. The maximum absolute atomic E-state index is 13.1. The normalized spacial score (nSPS) is 13.8. The first-order chi connectivity index (χ1) is 13.6. The van der Waals surface area contributed by atoms with Crippen LogP contribution in [-0.4, -0.2) is 33.0 Å². The fraction of sp³-hybridized carbons (Fsp3) is 0.182. The molecule has 1 amide bonds. The van der Waals surface area contributed by atoms with Crippen LogP contribution in [-0.2, 0) is 24.3 Å². The number of carboxylic acids is 1. The number of carbonyl (C=O) groups excluding carboxylic acids is 1. The molecule has 0 aliphatic carbocycles. The summed E-state index contributed by atoms with van der Waals surface area (Å²) >= 11 is 1.52. The molecule has 0 spiro atoms. The second kappa shape index (κ2) is 6.49. The number of hydrogen-bond acceptors (Lipinski definition) is 3. The Balaban J connectivity index is 1.52. The summed E-state index contributed by atoms with van der Waals surface area (Å²) in [5.74, 6) is -0.811. The van der Waals surface area contributed by atoms with Crippen molar-refractivity contribution in [2.45, 2.75) is 19.5 Å². The molecular weight excluding hydrogens is 372 g/mol. The fourth-order valence-corrected chi connectivity index (χ4v) is 5.16. The highest BCUT2D eigenvalue weighted by atomic mass is 32.1. The number of para-hydroxylation sites is 1. The van der Waals surface area contributed by atoms with Crippen molar-refractivity contribution in [2.24, 2.45) is 0 Å². The Morgan fingerprint density at radius 3 is 2.68 bits per heavy atom. The highest BCUT2D eigenvalue weighted by molar-refractivity contribution is 7.20. The molecule has 2 aromatic heterocycles. The van der Waals surface area contributed by atoms with Gasteiger partial charge < -0.3 is 14.6 Å². The number of fused-ring (bicyclic) bond motifs is 4. The lowest BCUT2D eigenvalue weighted by molar-refractivity contribution is -0.137. The monoisotopic (exact) mass is 390 g/mol. The molecule has 2 aromatic carbocycles. The highest BCUT2D eigenvalue weighted by Gasteiger charge is 2.28. The van der Waals surface area contributed by atoms with Crippen molar-refractivity contribution in [3.8, 4) is 0 Å². The number of carboxylic acid groups (broad SMARTS) is 1. The molecule has 5 rings (SSSR count). The topological polar surface area (TPSA) is 62.5 Å². The van der Waals surface area contributed by atoms with E-state index in [1.165, 1.54) is 11.3 Å². The first-order valence-corrected chi connectivity index (χ1v) is 10.0. The minimum Gasteiger partial charge on any atom is -0.480 e. The van der Waals surface area contributed by atoms with E-state index in [1.54, 1.807) is 0 Å². The maximum Gasteiger partial charge on any atom is 0.323 e. The van der Waals surface area contributed by atoms with Gasteiger partial charge >= 0.3 is 5.97 Å². The Bertz CT molecular complexity index is 1200. The van der Waals surface area contributed by atoms with E-state index in [9.17, 15) is 14.7 Å². The standard InChI is InChI=1S/C22H18N2O3S/c25-21(26)13-24-17-7-3-2-6-15(17)16-12-23(10-9-18(16)24)22(27)20-11-14-5-1-4-8-19(14)28-20/h1-8,11H,9-10,12-13H2,(H,25,26). The van der Waals surface area contributed by atoms with Gasteiger partial charge in [0.05, 0.1) is 4.88 Å². The van der Waals surface area contributed by atoms with Crippen molar-refractivity contribution in [1.29, 1.82) is 0 Å². The van der Waals surface area contributed by atoms with Crippen LogP contribution in [0.1, 0.15) is 20.9 Å². The zero-order valence-corrected chi connectivity index (χ0v) is 15.9. The van der Waals surface area contributed by atoms with Gasteiger partial charge in [-0.05, 0) is 23.6 Å². The van der Waals surface area contributed by atoms with E-state index in [0.717, 1.165) is 37.1 Å². The van der Waals surface area contributed by atoms with Gasteiger partial charge in [-0.25, -0.2) is 0 Å². The number of thiophene rings is 1. The Morgan fingerprint density at radius 1 is 1.07 bits per heavy atom. The lowest BCUT2D eigenvalue weighted by atomic mass is 10.0. The number of amides is 1. The van der Waals surface area contributed by atoms with Gasteiger partial charge in [-0.15, -0.1) is 11.3 Å². The summed E-state index contributed by atoms with van der Waals surface area (Å²) in [6, 6.07) is 17.8. The predicted octanol–water partition coefficient (Wildman–Crippen LogP) is 4.14. The number of hydrogen-bond donors (Lipinski definition) is 1. The van der Waals surface area contributed by atoms with Crippen LogP contribution in [0, 0.1) is 0 Å². The minimum atomic E-state index is -0.854. The van der Waals surface area contributed by atoms with E-state index in [1.807, 2.05) is 64.1 Å². The zero-order chi connectivity index (χ0) is 19.3. The molecule has 3 heterocycles. The smallest absolute Gasteiger partial charge is 0.323 e. The molecule has 0 unspecified atom stereocenters. The Hall–Kier alpha value is -3.12. The van der Waals surface area contributed by atoms with E-state index in [0.29, 0.717) is 19.5 Å². The van der Waals surface area contributed by atoms with Crippen LogP contribution in [0.4, 0.5) is 0 Å². The van der Waals surface area contributed by atoms with Crippen LogP contribution in [0.5, 0.6) is 0 Å². The summed E-state index contributed by atoms with van der Waals surface area (Å²) < 4.78 is 3.00. The number of carbonyl (C=O) groups is 2. The molecule has 0 bridgehead atoms. The Morgan fingerprint density at radius 2 is 1.86 bits per heavy atom. The van der Waals surface area contributed by atoms with Gasteiger partial charge in [0.25, 0.3) is 5.91 Å². The van der Waals surface area contributed by atoms with Gasteiger partial charge in [0.15, 0.2) is 0 Å². The van der Waals surface area contributed by atoms with Crippen molar-refractivity contribution >= 4 is 44.2 Å². The summed E-state index contributed by atoms with van der Waals surface area (Å²) in [4.78, 5) is 27.1. The van der Waals surface area contributed by atoms with Gasteiger partial charge in [-0.1, -0.05) is 36.4 Å². The van der Waals surface area contributed by atoms with Crippen LogP contribution in [0.25, 0.3) is 21.0 Å². The average Bonchev–Trinajstić information content (AvgIpc) is 3.27. The van der Waals surface area contributed by atoms with Crippen molar-refractivity contribution in [2.75, 3.05) is 6.54 Å². The molecule has 1 N–H and O–H groups in total. The van der Waals surface area contributed by atoms with Crippen molar-refractivity contribution in [1.82, 2.24) is 9.47 Å². The van der Waals surface area contributed by atoms with Crippen LogP contribution >= 0.6 is 11.3 Å². The van der Waals surface area contributed by atoms with E-state index < -0.39 is 5.97 Å². The first-order valence-electron chi connectivity index (χ1n) is 9.20. The van der Waals surface area contributed by atoms with Crippen molar-refractivity contribution in [3.05, 3.63) is 70.7 Å². The molecule has 0 fully saturated rings. The van der Waals surface area contributed by atoms with Gasteiger partial charge in [0, 0.05) is 46.4 Å². The fourth-order valence-electron chi connectivity index (χ4n) is 4.13. The van der Waals surface area contributed by atoms with Crippen LogP contribution in [0.2, 0.25) is 0 Å². The maximum atomic E-state index is 13.1. The highest BCUT2D eigenvalue weighted by Crippen LogP contribution is 2.33. The van der Waals surface area contributed by atoms with Gasteiger partial charge in [0.1, 0.15) is 6.54 Å². The van der Waals surface area contributed by atoms with E-state index in [4.69, 9.17) is 0 Å². The molecular formula is C22H18N2O3S. The molecule has 5 nitrogen and oxygen atoms in total. The van der Waals surface area contributed by atoms with Crippen molar-refractivity contribution in [3.63, 3.8) is 0 Å². The van der Waals surface area contributed by atoms with Gasteiger partial charge in [0.2, 0.25) is 0 Å². The first kappa shape index (κ1) is 17.0. The second-order valence-corrected chi connectivity index (χ2v) is 8.13. The lowest BCUT2D eigenvalue weighted by Crippen LogP contribution is -2.36. The molecule has 0 radical (unpaired) electrons. The number of aromatic nitrogens is 1. The lowest BCUT2D eigenvalue weighted by Gasteiger charge is -2.28. The van der Waals surface area contributed by atoms with Crippen molar-refractivity contribution < 1.29 is 14.7 Å². The largest absolute Gasteiger partial charge is 0.480 e. The van der Waals surface area contributed by atoms with Crippen LogP contribution in [0.15, 0.2) is 54.6 Å². The average molecular weight is 390 g/mol. The molecule has 28 heavy (non-hydrogen) atoms. The third kappa shape index (κ3) is 2.68. The third-order valence-corrected chi connectivity index (χ3v) is 6.48. The minimum absolute atomic E-state index is 0.0434. The molecule has 0 saturated carbocycles. The molecule has 1 aliphatic rings. The van der Waals surface area contributed by atoms with Crippen LogP contribution < -0.4 is 0 Å². The summed E-state index contributed by atoms with van der Waals surface area (Å²) in [7, 11) is 0. The van der Waals surface area contributed by atoms with E-state index in [2.05, 4.69) is 0 Å². The number of rotatable bonds is 3. The Kier molecular flexibility index (Phi) is 3.94. The van der Waals surface area contributed by atoms with Crippen LogP contribution in [0.3, 0.4) is 0 Å². The van der Waals surface area contributed by atoms with Gasteiger partial charge in [-0.3, -0.25) is 9.59 Å². The van der Waals surface area contributed by atoms with E-state index in [-0.39, 0.29) is 12.5 Å². The van der Waals surface area contributed by atoms with E-state index >= 15 is 0 Å². The molecule has 6 heteroatoms. The van der Waals surface area contributed by atoms with Gasteiger partial charge in [-0.2, -0.15) is 0 Å². The molecule has 1 aliphatic heterocycles. The summed E-state index contributed by atoms with van der Waals surface area (Å²) in [5.41, 5.74) is 3.02.